The second-order valence-corrected chi connectivity index (χ2v) is 7.17. The van der Waals surface area contributed by atoms with Crippen LogP contribution in [0.4, 0.5) is 0 Å². The van der Waals surface area contributed by atoms with Crippen molar-refractivity contribution in [2.75, 3.05) is 6.54 Å². The average Bonchev–Trinajstić information content (AvgIpc) is 3.25. The van der Waals surface area contributed by atoms with Gasteiger partial charge >= 0.3 is 0 Å². The first-order valence-electron chi connectivity index (χ1n) is 9.22. The number of amides is 1. The summed E-state index contributed by atoms with van der Waals surface area (Å²) in [6.45, 7) is 4.32. The molecule has 1 atom stereocenters. The van der Waals surface area contributed by atoms with Gasteiger partial charge in [0.25, 0.3) is 5.56 Å². The fourth-order valence-corrected chi connectivity index (χ4v) is 3.80. The van der Waals surface area contributed by atoms with E-state index in [1.165, 1.54) is 10.7 Å². The van der Waals surface area contributed by atoms with E-state index < -0.39 is 0 Å². The lowest BCUT2D eigenvalue weighted by Crippen LogP contribution is -2.37. The van der Waals surface area contributed by atoms with Gasteiger partial charge in [0.2, 0.25) is 5.91 Å². The summed E-state index contributed by atoms with van der Waals surface area (Å²) < 4.78 is 3.32. The van der Waals surface area contributed by atoms with Crippen molar-refractivity contribution >= 4 is 16.9 Å². The van der Waals surface area contributed by atoms with Gasteiger partial charge in [-0.2, -0.15) is 5.10 Å². The van der Waals surface area contributed by atoms with E-state index in [4.69, 9.17) is 4.98 Å². The molecule has 1 amide bonds. The molecule has 0 bridgehead atoms. The van der Waals surface area contributed by atoms with Crippen molar-refractivity contribution in [1.82, 2.24) is 24.2 Å². The Bertz CT molecular complexity index is 1080. The maximum atomic E-state index is 13.0. The number of hydrogen-bond acceptors (Lipinski definition) is 4. The molecule has 7 heteroatoms. The monoisotopic (exact) mass is 365 g/mol. The molecule has 3 aromatic rings. The third-order valence-electron chi connectivity index (χ3n) is 5.41. The number of imidazole rings is 1. The third-order valence-corrected chi connectivity index (χ3v) is 5.41. The van der Waals surface area contributed by atoms with Gasteiger partial charge in [-0.25, -0.2) is 9.67 Å². The first kappa shape index (κ1) is 17.5. The second kappa shape index (κ2) is 6.64. The molecular formula is C20H23N5O2. The Morgan fingerprint density at radius 1 is 1.26 bits per heavy atom. The highest BCUT2D eigenvalue weighted by atomic mass is 16.2. The van der Waals surface area contributed by atoms with Crippen LogP contribution in [0.2, 0.25) is 0 Å². The van der Waals surface area contributed by atoms with Crippen LogP contribution >= 0.6 is 0 Å². The molecule has 1 aliphatic rings. The highest BCUT2D eigenvalue weighted by Crippen LogP contribution is 2.33. The van der Waals surface area contributed by atoms with E-state index >= 15 is 0 Å². The van der Waals surface area contributed by atoms with Crippen molar-refractivity contribution in [2.24, 2.45) is 7.05 Å². The van der Waals surface area contributed by atoms with Gasteiger partial charge in [0.1, 0.15) is 12.4 Å². The number of carbonyl (C=O) groups excluding carboxylic acids is 1. The zero-order valence-corrected chi connectivity index (χ0v) is 15.8. The molecule has 1 aromatic carbocycles. The number of likely N-dealkylation sites (tertiary alicyclic amines) is 1. The molecule has 7 nitrogen and oxygen atoms in total. The maximum absolute atomic E-state index is 13.0. The van der Waals surface area contributed by atoms with Crippen LogP contribution in [0.1, 0.15) is 36.0 Å². The molecule has 0 radical (unpaired) electrons. The Labute approximate surface area is 157 Å². The zero-order valence-electron chi connectivity index (χ0n) is 15.8. The smallest absolute Gasteiger partial charge is 0.267 e. The van der Waals surface area contributed by atoms with Crippen LogP contribution in [-0.4, -0.2) is 36.7 Å². The molecule has 140 valence electrons. The predicted molar refractivity (Wildman–Crippen MR) is 102 cm³/mol. The van der Waals surface area contributed by atoms with E-state index in [9.17, 15) is 9.59 Å². The number of nitrogens with zero attached hydrogens (tertiary/aromatic N) is 5. The SMILES string of the molecule is Cc1cc(=O)n(CC(=O)N2CCC[C@@H]2c2nc3ccccc3n2C)nc1C. The quantitative estimate of drug-likeness (QED) is 0.713. The van der Waals surface area contributed by atoms with Crippen LogP contribution in [-0.2, 0) is 18.4 Å². The molecule has 0 unspecified atom stereocenters. The van der Waals surface area contributed by atoms with Gasteiger partial charge in [-0.1, -0.05) is 12.1 Å². The molecule has 0 N–H and O–H groups in total. The minimum absolute atomic E-state index is 0.0413. The maximum Gasteiger partial charge on any atom is 0.267 e. The van der Waals surface area contributed by atoms with Gasteiger partial charge in [0.05, 0.1) is 22.8 Å². The molecule has 1 fully saturated rings. The molecule has 0 aliphatic carbocycles. The lowest BCUT2D eigenvalue weighted by molar-refractivity contribution is -0.133. The fourth-order valence-electron chi connectivity index (χ4n) is 3.80. The van der Waals surface area contributed by atoms with Gasteiger partial charge in [0.15, 0.2) is 0 Å². The molecule has 27 heavy (non-hydrogen) atoms. The van der Waals surface area contributed by atoms with Gasteiger partial charge in [-0.05, 0) is 44.4 Å². The van der Waals surface area contributed by atoms with Crippen molar-refractivity contribution in [3.63, 3.8) is 0 Å². The van der Waals surface area contributed by atoms with Crippen LogP contribution in [0, 0.1) is 13.8 Å². The van der Waals surface area contributed by atoms with E-state index in [-0.39, 0.29) is 24.1 Å². The van der Waals surface area contributed by atoms with Crippen molar-refractivity contribution in [3.05, 3.63) is 57.8 Å². The average molecular weight is 365 g/mol. The van der Waals surface area contributed by atoms with E-state index in [1.807, 2.05) is 50.1 Å². The Hall–Kier alpha value is -2.96. The standard InChI is InChI=1S/C20H23N5O2/c1-13-11-18(26)25(22-14(13)2)12-19(27)24-10-6-9-17(24)20-21-15-7-4-5-8-16(15)23(20)3/h4-5,7-8,11,17H,6,9-10,12H2,1-3H3/t17-/m1/s1. The number of benzene rings is 1. The van der Waals surface area contributed by atoms with Crippen LogP contribution in [0.3, 0.4) is 0 Å². The van der Waals surface area contributed by atoms with E-state index in [2.05, 4.69) is 9.67 Å². The number of hydrogen-bond donors (Lipinski definition) is 0. The van der Waals surface area contributed by atoms with Crippen LogP contribution in [0.15, 0.2) is 35.1 Å². The minimum atomic E-state index is -0.245. The summed E-state index contributed by atoms with van der Waals surface area (Å²) in [4.78, 5) is 31.7. The highest BCUT2D eigenvalue weighted by molar-refractivity contribution is 5.78. The fraction of sp³-hybridized carbons (Fsp3) is 0.400. The molecule has 0 spiro atoms. The topological polar surface area (TPSA) is 73.0 Å². The molecule has 2 aromatic heterocycles. The summed E-state index contributed by atoms with van der Waals surface area (Å²) in [6, 6.07) is 9.43. The summed E-state index contributed by atoms with van der Waals surface area (Å²) >= 11 is 0. The Morgan fingerprint density at radius 3 is 2.81 bits per heavy atom. The number of carbonyl (C=O) groups is 1. The second-order valence-electron chi connectivity index (χ2n) is 7.17. The number of aromatic nitrogens is 4. The first-order chi connectivity index (χ1) is 13.0. The minimum Gasteiger partial charge on any atom is -0.331 e. The van der Waals surface area contributed by atoms with Crippen LogP contribution in [0.5, 0.6) is 0 Å². The predicted octanol–water partition coefficient (Wildman–Crippen LogP) is 2.11. The zero-order chi connectivity index (χ0) is 19.1. The number of rotatable bonds is 3. The Balaban J connectivity index is 1.63. The summed E-state index contributed by atoms with van der Waals surface area (Å²) in [6.07, 6.45) is 1.80. The molecule has 3 heterocycles. The van der Waals surface area contributed by atoms with Crippen LogP contribution < -0.4 is 5.56 Å². The normalized spacial score (nSPS) is 17.0. The molecule has 1 aliphatic heterocycles. The molecular weight excluding hydrogens is 342 g/mol. The van der Waals surface area contributed by atoms with Gasteiger partial charge in [-0.3, -0.25) is 9.59 Å². The summed E-state index contributed by atoms with van der Waals surface area (Å²) in [7, 11) is 1.99. The first-order valence-corrected chi connectivity index (χ1v) is 9.22. The van der Waals surface area contributed by atoms with Gasteiger partial charge in [-0.15, -0.1) is 0 Å². The third kappa shape index (κ3) is 3.03. The van der Waals surface area contributed by atoms with Crippen LogP contribution in [0.25, 0.3) is 11.0 Å². The number of aryl methyl sites for hydroxylation is 3. The molecule has 0 saturated carbocycles. The van der Waals surface area contributed by atoms with Crippen molar-refractivity contribution in [1.29, 1.82) is 0 Å². The Kier molecular flexibility index (Phi) is 4.30. The lowest BCUT2D eigenvalue weighted by atomic mass is 10.2. The summed E-state index contributed by atoms with van der Waals surface area (Å²) in [5.74, 6) is 0.796. The Morgan fingerprint density at radius 2 is 2.04 bits per heavy atom. The summed E-state index contributed by atoms with van der Waals surface area (Å²) in [5, 5.41) is 4.27. The van der Waals surface area contributed by atoms with Gasteiger partial charge < -0.3 is 9.47 Å². The molecule has 4 rings (SSSR count). The van der Waals surface area contributed by atoms with Crippen molar-refractivity contribution in [3.8, 4) is 0 Å². The van der Waals surface area contributed by atoms with Crippen molar-refractivity contribution in [2.45, 2.75) is 39.3 Å². The summed E-state index contributed by atoms with van der Waals surface area (Å²) in [5.41, 5.74) is 3.34. The van der Waals surface area contributed by atoms with E-state index in [1.54, 1.807) is 0 Å². The van der Waals surface area contributed by atoms with E-state index in [0.717, 1.165) is 41.0 Å². The number of fused-ring (bicyclic) bond motifs is 1. The highest BCUT2D eigenvalue weighted by Gasteiger charge is 2.33. The molecule has 1 saturated heterocycles. The van der Waals surface area contributed by atoms with Gasteiger partial charge in [0, 0.05) is 19.7 Å². The van der Waals surface area contributed by atoms with Crippen molar-refractivity contribution < 1.29 is 4.79 Å². The lowest BCUT2D eigenvalue weighted by Gasteiger charge is -2.24. The van der Waals surface area contributed by atoms with E-state index in [0.29, 0.717) is 6.54 Å². The largest absolute Gasteiger partial charge is 0.331 e. The number of para-hydroxylation sites is 2.